The zero-order chi connectivity index (χ0) is 29.1. The summed E-state index contributed by atoms with van der Waals surface area (Å²) in [6, 6.07) is 16.0. The molecule has 0 aliphatic carbocycles. The smallest absolute Gasteiger partial charge is 0.347 e. The molecule has 2 aromatic carbocycles. The number of unbranched alkanes of at least 4 members (excludes halogenated alkanes) is 6. The molecule has 0 bridgehead atoms. The average Bonchev–Trinajstić information content (AvgIpc) is 2.99. The zero-order valence-electron chi connectivity index (χ0n) is 24.0. The van der Waals surface area contributed by atoms with Crippen molar-refractivity contribution in [1.82, 2.24) is 0 Å². The molecule has 8 heteroatoms. The Kier molecular flexibility index (Phi) is 16.4. The van der Waals surface area contributed by atoms with Gasteiger partial charge in [0.2, 0.25) is 11.2 Å². The maximum absolute atomic E-state index is 13.6. The van der Waals surface area contributed by atoms with Gasteiger partial charge in [-0.05, 0) is 59.8 Å². The van der Waals surface area contributed by atoms with E-state index in [9.17, 15) is 19.8 Å². The number of rotatable bonds is 21. The van der Waals surface area contributed by atoms with E-state index in [2.05, 4.69) is 13.8 Å². The second-order valence-electron chi connectivity index (χ2n) is 9.65. The molecular formula is C32H46O6S2. The fraction of sp³-hybridized carbons (Fsp3) is 0.562. The van der Waals surface area contributed by atoms with Gasteiger partial charge in [-0.25, -0.2) is 9.59 Å². The molecule has 2 atom stereocenters. The summed E-state index contributed by atoms with van der Waals surface area (Å²) in [5.41, 5.74) is -5.34. The molecule has 0 spiro atoms. The van der Waals surface area contributed by atoms with E-state index < -0.39 is 23.1 Å². The van der Waals surface area contributed by atoms with Crippen LogP contribution in [0.4, 0.5) is 0 Å². The van der Waals surface area contributed by atoms with Gasteiger partial charge in [0.1, 0.15) is 0 Å². The molecule has 0 aliphatic heterocycles. The number of ether oxygens (including phenoxy) is 2. The molecule has 0 fully saturated rings. The second-order valence-corrected chi connectivity index (χ2v) is 12.4. The summed E-state index contributed by atoms with van der Waals surface area (Å²) in [6.07, 6.45) is 7.23. The normalized spacial score (nSPS) is 14.2. The summed E-state index contributed by atoms with van der Waals surface area (Å²) >= 11 is 3.80. The van der Waals surface area contributed by atoms with Crippen LogP contribution in [0.25, 0.3) is 0 Å². The van der Waals surface area contributed by atoms with E-state index in [4.69, 9.17) is 9.47 Å². The number of esters is 2. The van der Waals surface area contributed by atoms with Crippen LogP contribution in [0.3, 0.4) is 0 Å². The third-order valence-corrected chi connectivity index (χ3v) is 8.71. The SMILES string of the molecule is CCSCCCCCCOC(=O)C(O)(c1ccccc1)C(O)(C(=O)OCCCCCCSCC)c1ccccc1. The number of benzene rings is 2. The highest BCUT2D eigenvalue weighted by Gasteiger charge is 2.64. The van der Waals surface area contributed by atoms with Crippen LogP contribution in [0, 0.1) is 0 Å². The number of hydrogen-bond donors (Lipinski definition) is 2. The maximum Gasteiger partial charge on any atom is 0.347 e. The monoisotopic (exact) mass is 590 g/mol. The van der Waals surface area contributed by atoms with Crippen LogP contribution in [0.15, 0.2) is 60.7 Å². The summed E-state index contributed by atoms with van der Waals surface area (Å²) in [7, 11) is 0. The molecule has 0 aromatic heterocycles. The third kappa shape index (κ3) is 9.82. The van der Waals surface area contributed by atoms with Crippen molar-refractivity contribution in [2.45, 2.75) is 76.4 Å². The Morgan fingerprint density at radius 1 is 0.600 bits per heavy atom. The average molecular weight is 591 g/mol. The largest absolute Gasteiger partial charge is 0.463 e. The first-order valence-corrected chi connectivity index (χ1v) is 16.8. The first kappa shape index (κ1) is 34.2. The predicted molar refractivity (Wildman–Crippen MR) is 166 cm³/mol. The van der Waals surface area contributed by atoms with Gasteiger partial charge in [-0.15, -0.1) is 0 Å². The Balaban J connectivity index is 2.21. The fourth-order valence-electron chi connectivity index (χ4n) is 4.45. The summed E-state index contributed by atoms with van der Waals surface area (Å²) in [4.78, 5) is 27.2. The van der Waals surface area contributed by atoms with E-state index >= 15 is 0 Å². The number of aliphatic hydroxyl groups is 2. The molecule has 222 valence electrons. The van der Waals surface area contributed by atoms with E-state index in [1.54, 1.807) is 36.4 Å². The van der Waals surface area contributed by atoms with Crippen molar-refractivity contribution in [3.05, 3.63) is 71.8 Å². The van der Waals surface area contributed by atoms with Crippen LogP contribution < -0.4 is 0 Å². The summed E-state index contributed by atoms with van der Waals surface area (Å²) in [5.74, 6) is 2.23. The fourth-order valence-corrected chi connectivity index (χ4v) is 5.85. The third-order valence-electron chi connectivity index (χ3n) is 6.74. The highest BCUT2D eigenvalue weighted by Crippen LogP contribution is 2.43. The standard InChI is InChI=1S/C32H46O6S2/c1-3-39-25-17-7-5-15-23-37-29(33)31(35,27-19-11-9-12-20-27)32(36,28-21-13-10-14-22-28)30(34)38-24-16-6-8-18-26-40-4-2/h9-14,19-22,35-36H,3-8,15-18,23-26H2,1-2H3. The Morgan fingerprint density at radius 3 is 1.30 bits per heavy atom. The number of carbonyl (C=O) groups is 2. The Hall–Kier alpha value is -2.00. The second kappa shape index (κ2) is 19.2. The van der Waals surface area contributed by atoms with Crippen molar-refractivity contribution in [3.8, 4) is 0 Å². The van der Waals surface area contributed by atoms with E-state index in [1.165, 1.54) is 24.3 Å². The Labute approximate surface area is 248 Å². The molecule has 0 saturated heterocycles. The molecule has 0 amide bonds. The lowest BCUT2D eigenvalue weighted by atomic mass is 9.73. The maximum atomic E-state index is 13.6. The molecule has 2 aromatic rings. The van der Waals surface area contributed by atoms with Gasteiger partial charge in [0.05, 0.1) is 13.2 Å². The van der Waals surface area contributed by atoms with Crippen molar-refractivity contribution in [2.24, 2.45) is 0 Å². The lowest BCUT2D eigenvalue weighted by molar-refractivity contribution is -0.220. The van der Waals surface area contributed by atoms with Gasteiger partial charge in [-0.3, -0.25) is 0 Å². The Bertz CT molecular complexity index is 894. The van der Waals surface area contributed by atoms with Crippen LogP contribution in [0.5, 0.6) is 0 Å². The molecule has 40 heavy (non-hydrogen) atoms. The van der Waals surface area contributed by atoms with Crippen LogP contribution in [-0.4, -0.2) is 58.4 Å². The van der Waals surface area contributed by atoms with E-state index in [0.717, 1.165) is 61.5 Å². The highest BCUT2D eigenvalue weighted by molar-refractivity contribution is 7.99. The predicted octanol–water partition coefficient (Wildman–Crippen LogP) is 6.48. The first-order chi connectivity index (χ1) is 19.4. The molecule has 6 nitrogen and oxygen atoms in total. The molecule has 2 N–H and O–H groups in total. The number of carbonyl (C=O) groups excluding carboxylic acids is 2. The quantitative estimate of drug-likeness (QED) is 0.126. The van der Waals surface area contributed by atoms with Gasteiger partial charge in [-0.1, -0.05) is 100 Å². The number of hydrogen-bond acceptors (Lipinski definition) is 8. The molecule has 2 rings (SSSR count). The van der Waals surface area contributed by atoms with Gasteiger partial charge >= 0.3 is 11.9 Å². The van der Waals surface area contributed by atoms with Crippen molar-refractivity contribution in [1.29, 1.82) is 0 Å². The summed E-state index contributed by atoms with van der Waals surface area (Å²) in [6.45, 7) is 4.43. The van der Waals surface area contributed by atoms with Crippen molar-refractivity contribution < 1.29 is 29.3 Å². The number of thioether (sulfide) groups is 2. The molecule has 2 unspecified atom stereocenters. The van der Waals surface area contributed by atoms with Crippen LogP contribution in [0.2, 0.25) is 0 Å². The minimum Gasteiger partial charge on any atom is -0.463 e. The Morgan fingerprint density at radius 2 is 0.950 bits per heavy atom. The first-order valence-electron chi connectivity index (χ1n) is 14.5. The molecule has 0 saturated carbocycles. The van der Waals surface area contributed by atoms with Crippen LogP contribution >= 0.6 is 23.5 Å². The van der Waals surface area contributed by atoms with Crippen LogP contribution in [0.1, 0.15) is 76.3 Å². The minimum absolute atomic E-state index is 0.0494. The van der Waals surface area contributed by atoms with Crippen molar-refractivity contribution in [2.75, 3.05) is 36.2 Å². The topological polar surface area (TPSA) is 93.1 Å². The van der Waals surface area contributed by atoms with Gasteiger partial charge in [0, 0.05) is 0 Å². The van der Waals surface area contributed by atoms with E-state index in [0.29, 0.717) is 12.8 Å². The highest BCUT2D eigenvalue weighted by atomic mass is 32.2. The lowest BCUT2D eigenvalue weighted by Gasteiger charge is -2.40. The van der Waals surface area contributed by atoms with Crippen molar-refractivity contribution in [3.63, 3.8) is 0 Å². The van der Waals surface area contributed by atoms with Gasteiger partial charge in [0.15, 0.2) is 0 Å². The molecular weight excluding hydrogens is 544 g/mol. The summed E-state index contributed by atoms with van der Waals surface area (Å²) < 4.78 is 11.1. The van der Waals surface area contributed by atoms with E-state index in [-0.39, 0.29) is 24.3 Å². The zero-order valence-corrected chi connectivity index (χ0v) is 25.6. The molecule has 0 radical (unpaired) electrons. The minimum atomic E-state index is -2.72. The van der Waals surface area contributed by atoms with E-state index in [1.807, 2.05) is 23.5 Å². The van der Waals surface area contributed by atoms with Gasteiger partial charge in [-0.2, -0.15) is 23.5 Å². The summed E-state index contributed by atoms with van der Waals surface area (Å²) in [5, 5.41) is 24.2. The molecule has 0 aliphatic rings. The van der Waals surface area contributed by atoms with Crippen molar-refractivity contribution >= 4 is 35.5 Å². The van der Waals surface area contributed by atoms with Gasteiger partial charge in [0.25, 0.3) is 0 Å². The lowest BCUT2D eigenvalue weighted by Crippen LogP contribution is -2.60. The molecule has 0 heterocycles. The van der Waals surface area contributed by atoms with Crippen LogP contribution in [-0.2, 0) is 30.3 Å². The van der Waals surface area contributed by atoms with Gasteiger partial charge < -0.3 is 19.7 Å².